The molecule has 0 aliphatic heterocycles. The Morgan fingerprint density at radius 2 is 2.07 bits per heavy atom. The summed E-state index contributed by atoms with van der Waals surface area (Å²) in [6.45, 7) is 1.17. The van der Waals surface area contributed by atoms with E-state index in [-0.39, 0.29) is 5.69 Å². The monoisotopic (exact) mass is 204 g/mol. The first-order valence-corrected chi connectivity index (χ1v) is 4.15. The van der Waals surface area contributed by atoms with Gasteiger partial charge in [-0.15, -0.1) is 0 Å². The maximum absolute atomic E-state index is 12.4. The fourth-order valence-corrected chi connectivity index (χ4v) is 1.18. The number of pyridine rings is 1. The largest absolute Gasteiger partial charge is 0.398 e. The predicted molar refractivity (Wildman–Crippen MR) is 46.8 cm³/mol. The molecule has 1 rings (SSSR count). The van der Waals surface area contributed by atoms with Gasteiger partial charge in [0.1, 0.15) is 5.92 Å². The molecular weight excluding hydrogens is 193 g/mol. The van der Waals surface area contributed by atoms with E-state index in [0.717, 1.165) is 0 Å². The average Bonchev–Trinajstić information content (AvgIpc) is 2.02. The molecule has 0 saturated heterocycles. The number of nitrogens with two attached hydrogens (primary N) is 1. The van der Waals surface area contributed by atoms with E-state index in [9.17, 15) is 13.2 Å². The van der Waals surface area contributed by atoms with E-state index in [4.69, 9.17) is 5.73 Å². The molecule has 0 radical (unpaired) electrons. The summed E-state index contributed by atoms with van der Waals surface area (Å²) in [5.41, 5.74) is 5.63. The number of rotatable bonds is 2. The molecule has 1 heterocycles. The van der Waals surface area contributed by atoms with Gasteiger partial charge in [-0.25, -0.2) is 0 Å². The molecule has 2 nitrogen and oxygen atoms in total. The van der Waals surface area contributed by atoms with Crippen LogP contribution in [0.1, 0.15) is 17.3 Å². The number of hydrogen-bond donors (Lipinski definition) is 1. The third-order valence-corrected chi connectivity index (χ3v) is 1.90. The molecule has 1 aromatic heterocycles. The van der Waals surface area contributed by atoms with Crippen LogP contribution in [0.15, 0.2) is 18.2 Å². The summed E-state index contributed by atoms with van der Waals surface area (Å²) < 4.78 is 37.3. The van der Waals surface area contributed by atoms with Crippen molar-refractivity contribution >= 4 is 0 Å². The zero-order valence-corrected chi connectivity index (χ0v) is 7.67. The van der Waals surface area contributed by atoms with Crippen LogP contribution >= 0.6 is 0 Å². The van der Waals surface area contributed by atoms with Crippen LogP contribution in [-0.2, 0) is 0 Å². The predicted octanol–water partition coefficient (Wildman–Crippen LogP) is 1.99. The van der Waals surface area contributed by atoms with Crippen LogP contribution in [0.5, 0.6) is 0 Å². The minimum atomic E-state index is -4.32. The van der Waals surface area contributed by atoms with Crippen molar-refractivity contribution in [2.45, 2.75) is 19.0 Å². The Balaban J connectivity index is 3.01. The van der Waals surface area contributed by atoms with Crippen molar-refractivity contribution in [3.63, 3.8) is 0 Å². The highest BCUT2D eigenvalue weighted by Gasteiger charge is 2.40. The van der Waals surface area contributed by atoms with E-state index in [1.165, 1.54) is 6.07 Å². The second-order valence-corrected chi connectivity index (χ2v) is 3.03. The molecule has 0 aliphatic carbocycles. The van der Waals surface area contributed by atoms with Gasteiger partial charge in [0, 0.05) is 12.2 Å². The second-order valence-electron chi connectivity index (χ2n) is 3.03. The van der Waals surface area contributed by atoms with Crippen molar-refractivity contribution in [3.8, 4) is 0 Å². The molecule has 0 saturated carbocycles. The lowest BCUT2D eigenvalue weighted by atomic mass is 10.0. The molecule has 78 valence electrons. The third kappa shape index (κ3) is 2.45. The molecule has 0 bridgehead atoms. The first-order valence-electron chi connectivity index (χ1n) is 4.15. The van der Waals surface area contributed by atoms with Gasteiger partial charge >= 0.3 is 6.18 Å². The van der Waals surface area contributed by atoms with Crippen LogP contribution in [-0.4, -0.2) is 17.7 Å². The van der Waals surface area contributed by atoms with E-state index < -0.39 is 18.6 Å². The Hall–Kier alpha value is -1.10. The Morgan fingerprint density at radius 1 is 1.43 bits per heavy atom. The van der Waals surface area contributed by atoms with Crippen molar-refractivity contribution in [3.05, 3.63) is 29.6 Å². The molecule has 0 fully saturated rings. The van der Waals surface area contributed by atoms with Crippen LogP contribution in [0.2, 0.25) is 0 Å². The van der Waals surface area contributed by atoms with Gasteiger partial charge in [0.05, 0.1) is 5.69 Å². The molecule has 1 atom stereocenters. The van der Waals surface area contributed by atoms with E-state index in [1.54, 1.807) is 19.1 Å². The van der Waals surface area contributed by atoms with Gasteiger partial charge < -0.3 is 5.73 Å². The van der Waals surface area contributed by atoms with E-state index in [2.05, 4.69) is 4.98 Å². The van der Waals surface area contributed by atoms with Crippen molar-refractivity contribution in [1.82, 2.24) is 4.98 Å². The second kappa shape index (κ2) is 3.96. The Morgan fingerprint density at radius 3 is 2.50 bits per heavy atom. The van der Waals surface area contributed by atoms with E-state index >= 15 is 0 Å². The molecule has 1 unspecified atom stereocenters. The Bertz CT molecular complexity index is 309. The summed E-state index contributed by atoms with van der Waals surface area (Å²) in [6, 6.07) is 4.54. The summed E-state index contributed by atoms with van der Waals surface area (Å²) in [5.74, 6) is -1.66. The maximum Gasteiger partial charge on any atom is 0.398 e. The maximum atomic E-state index is 12.4. The number of hydrogen-bond acceptors (Lipinski definition) is 2. The van der Waals surface area contributed by atoms with Crippen LogP contribution in [0.4, 0.5) is 13.2 Å². The van der Waals surface area contributed by atoms with Crippen molar-refractivity contribution in [2.24, 2.45) is 5.73 Å². The number of nitrogens with zero attached hydrogens (tertiary/aromatic N) is 1. The van der Waals surface area contributed by atoms with Gasteiger partial charge in [-0.05, 0) is 19.1 Å². The summed E-state index contributed by atoms with van der Waals surface area (Å²) in [7, 11) is 0. The molecule has 0 amide bonds. The summed E-state index contributed by atoms with van der Waals surface area (Å²) in [5, 5.41) is 0. The number of halogens is 3. The fourth-order valence-electron chi connectivity index (χ4n) is 1.18. The quantitative estimate of drug-likeness (QED) is 0.800. The summed E-state index contributed by atoms with van der Waals surface area (Å²) in [4.78, 5) is 3.81. The first-order chi connectivity index (χ1) is 6.45. The number of aromatic nitrogens is 1. The van der Waals surface area contributed by atoms with Gasteiger partial charge in [-0.2, -0.15) is 13.2 Å². The number of alkyl halides is 3. The molecule has 5 heteroatoms. The lowest BCUT2D eigenvalue weighted by Gasteiger charge is -2.17. The molecule has 0 aromatic carbocycles. The summed E-state index contributed by atoms with van der Waals surface area (Å²) >= 11 is 0. The van der Waals surface area contributed by atoms with Crippen LogP contribution in [0.25, 0.3) is 0 Å². The molecule has 14 heavy (non-hydrogen) atoms. The highest BCUT2D eigenvalue weighted by Crippen LogP contribution is 2.32. The van der Waals surface area contributed by atoms with Gasteiger partial charge in [-0.1, -0.05) is 6.07 Å². The van der Waals surface area contributed by atoms with Gasteiger partial charge in [0.15, 0.2) is 0 Å². The highest BCUT2D eigenvalue weighted by atomic mass is 19.4. The molecule has 1 aromatic rings. The topological polar surface area (TPSA) is 38.9 Å². The van der Waals surface area contributed by atoms with Gasteiger partial charge in [-0.3, -0.25) is 4.98 Å². The number of aryl methyl sites for hydroxylation is 1. The minimum Gasteiger partial charge on any atom is -0.329 e. The van der Waals surface area contributed by atoms with Crippen molar-refractivity contribution in [1.29, 1.82) is 0 Å². The lowest BCUT2D eigenvalue weighted by molar-refractivity contribution is -0.148. The third-order valence-electron chi connectivity index (χ3n) is 1.90. The Kier molecular flexibility index (Phi) is 3.10. The van der Waals surface area contributed by atoms with Gasteiger partial charge in [0.25, 0.3) is 0 Å². The van der Waals surface area contributed by atoms with Crippen molar-refractivity contribution in [2.75, 3.05) is 6.54 Å². The van der Waals surface area contributed by atoms with Gasteiger partial charge in [0.2, 0.25) is 0 Å². The zero-order chi connectivity index (χ0) is 10.8. The zero-order valence-electron chi connectivity index (χ0n) is 7.67. The SMILES string of the molecule is Cc1cccc(C(CN)C(F)(F)F)n1. The molecular formula is C9H11F3N2. The van der Waals surface area contributed by atoms with E-state index in [0.29, 0.717) is 5.69 Å². The van der Waals surface area contributed by atoms with Crippen LogP contribution in [0.3, 0.4) is 0 Å². The average molecular weight is 204 g/mol. The van der Waals surface area contributed by atoms with Crippen LogP contribution in [0, 0.1) is 6.92 Å². The molecule has 0 spiro atoms. The fraction of sp³-hybridized carbons (Fsp3) is 0.444. The lowest BCUT2D eigenvalue weighted by Crippen LogP contribution is -2.28. The molecule has 2 N–H and O–H groups in total. The van der Waals surface area contributed by atoms with Crippen molar-refractivity contribution < 1.29 is 13.2 Å². The first kappa shape index (κ1) is 11.0. The summed E-state index contributed by atoms with van der Waals surface area (Å²) in [6.07, 6.45) is -4.32. The highest BCUT2D eigenvalue weighted by molar-refractivity contribution is 5.15. The van der Waals surface area contributed by atoms with E-state index in [1.807, 2.05) is 0 Å². The normalized spacial score (nSPS) is 14.1. The smallest absolute Gasteiger partial charge is 0.329 e. The van der Waals surface area contributed by atoms with Crippen LogP contribution < -0.4 is 5.73 Å². The standard InChI is InChI=1S/C9H11F3N2/c1-6-3-2-4-8(14-6)7(5-13)9(10,11)12/h2-4,7H,5,13H2,1H3. The minimum absolute atomic E-state index is 0.0139. The Labute approximate surface area is 79.9 Å². The molecule has 0 aliphatic rings.